The molecule has 0 saturated heterocycles. The second-order valence-electron chi connectivity index (χ2n) is 2.98. The summed E-state index contributed by atoms with van der Waals surface area (Å²) in [7, 11) is 2.09. The van der Waals surface area contributed by atoms with E-state index >= 15 is 0 Å². The minimum atomic E-state index is 1.27. The topological polar surface area (TPSA) is 4.93 Å². The van der Waals surface area contributed by atoms with E-state index in [-0.39, 0.29) is 0 Å². The Morgan fingerprint density at radius 3 is 2.67 bits per heavy atom. The molecule has 0 aliphatic rings. The molecule has 1 aromatic heterocycles. The van der Waals surface area contributed by atoms with E-state index in [1.54, 1.807) is 0 Å². The highest BCUT2D eigenvalue weighted by atomic mass is 14.9. The molecule has 1 nitrogen and oxygen atoms in total. The smallest absolute Gasteiger partial charge is 0.0479 e. The lowest BCUT2D eigenvalue weighted by Gasteiger charge is -1.99. The molecule has 0 spiro atoms. The highest BCUT2D eigenvalue weighted by Gasteiger charge is 2.01. The van der Waals surface area contributed by atoms with Crippen LogP contribution in [0.15, 0.2) is 30.3 Å². The molecule has 1 radical (unpaired) electrons. The number of benzene rings is 1. The van der Waals surface area contributed by atoms with Gasteiger partial charge in [0, 0.05) is 24.7 Å². The zero-order valence-electron chi connectivity index (χ0n) is 7.41. The molecule has 61 valence electrons. The van der Waals surface area contributed by atoms with E-state index in [1.165, 1.54) is 16.6 Å². The summed E-state index contributed by atoms with van der Waals surface area (Å²) >= 11 is 0. The van der Waals surface area contributed by atoms with Crippen LogP contribution >= 0.6 is 0 Å². The molecule has 0 atom stereocenters. The molecule has 0 bridgehead atoms. The molecule has 0 fully saturated rings. The Hall–Kier alpha value is -1.24. The van der Waals surface area contributed by atoms with E-state index in [4.69, 9.17) is 0 Å². The molecule has 0 aliphatic heterocycles. The molecule has 0 N–H and O–H groups in total. The van der Waals surface area contributed by atoms with Gasteiger partial charge < -0.3 is 4.57 Å². The van der Waals surface area contributed by atoms with E-state index in [9.17, 15) is 0 Å². The zero-order chi connectivity index (χ0) is 8.55. The van der Waals surface area contributed by atoms with Crippen molar-refractivity contribution in [2.24, 2.45) is 7.05 Å². The molecule has 0 unspecified atom stereocenters. The third-order valence-electron chi connectivity index (χ3n) is 2.28. The van der Waals surface area contributed by atoms with Crippen LogP contribution < -0.4 is 0 Å². The highest BCUT2D eigenvalue weighted by molar-refractivity contribution is 5.81. The number of nitrogens with zero attached hydrogens (tertiary/aromatic N) is 1. The first-order valence-electron chi connectivity index (χ1n) is 4.17. The maximum absolute atomic E-state index is 2.20. The molecular weight excluding hydrogens is 146 g/mol. The van der Waals surface area contributed by atoms with Gasteiger partial charge in [0.15, 0.2) is 0 Å². The van der Waals surface area contributed by atoms with E-state index in [1.807, 2.05) is 0 Å². The number of hydrogen-bond donors (Lipinski definition) is 0. The molecule has 1 aromatic carbocycles. The molecule has 0 amide bonds. The van der Waals surface area contributed by atoms with Crippen molar-refractivity contribution in [3.8, 4) is 0 Å². The van der Waals surface area contributed by atoms with Gasteiger partial charge >= 0.3 is 0 Å². The fraction of sp³-hybridized carbons (Fsp3) is 0.182. The third kappa shape index (κ3) is 0.934. The standard InChI is InChI=1S/C11H12N/c1-3-10-8-9-6-4-5-7-11(9)12(10)2/h3-8H,1-2H3. The number of para-hydroxylation sites is 1. The summed E-state index contributed by atoms with van der Waals surface area (Å²) in [5.41, 5.74) is 2.57. The lowest BCUT2D eigenvalue weighted by molar-refractivity contribution is 0.925. The van der Waals surface area contributed by atoms with Crippen molar-refractivity contribution in [1.29, 1.82) is 0 Å². The van der Waals surface area contributed by atoms with Gasteiger partial charge in [-0.25, -0.2) is 0 Å². The van der Waals surface area contributed by atoms with Gasteiger partial charge in [-0.3, -0.25) is 0 Å². The maximum Gasteiger partial charge on any atom is 0.0479 e. The number of rotatable bonds is 1. The summed E-state index contributed by atoms with van der Waals surface area (Å²) in [6.07, 6.45) is 2.12. The van der Waals surface area contributed by atoms with Crippen LogP contribution in [0.1, 0.15) is 12.6 Å². The normalized spacial score (nSPS) is 10.8. The van der Waals surface area contributed by atoms with Gasteiger partial charge in [0.2, 0.25) is 0 Å². The SMILES string of the molecule is C[CH]c1cc2ccccc2n1C. The van der Waals surface area contributed by atoms with Crippen molar-refractivity contribution in [2.75, 3.05) is 0 Å². The Kier molecular flexibility index (Phi) is 1.65. The van der Waals surface area contributed by atoms with E-state index in [0.29, 0.717) is 0 Å². The molecule has 2 rings (SSSR count). The first-order chi connectivity index (χ1) is 5.83. The van der Waals surface area contributed by atoms with Crippen molar-refractivity contribution in [3.05, 3.63) is 42.4 Å². The fourth-order valence-electron chi connectivity index (χ4n) is 1.59. The molecule has 0 aliphatic carbocycles. The molecule has 1 heterocycles. The van der Waals surface area contributed by atoms with Gasteiger partial charge in [0.1, 0.15) is 0 Å². The summed E-state index contributed by atoms with van der Waals surface area (Å²) in [6, 6.07) is 10.6. The van der Waals surface area contributed by atoms with Crippen LogP contribution in [-0.2, 0) is 7.05 Å². The van der Waals surface area contributed by atoms with Crippen LogP contribution in [-0.4, -0.2) is 4.57 Å². The van der Waals surface area contributed by atoms with Crippen LogP contribution in [0.5, 0.6) is 0 Å². The first-order valence-corrected chi connectivity index (χ1v) is 4.17. The predicted molar refractivity (Wildman–Crippen MR) is 52.0 cm³/mol. The summed E-state index contributed by atoms with van der Waals surface area (Å²) < 4.78 is 2.20. The van der Waals surface area contributed by atoms with Gasteiger partial charge in [-0.15, -0.1) is 0 Å². The summed E-state index contributed by atoms with van der Waals surface area (Å²) in [5, 5.41) is 1.31. The second kappa shape index (κ2) is 2.67. The van der Waals surface area contributed by atoms with Gasteiger partial charge in [0.05, 0.1) is 0 Å². The number of fused-ring (bicyclic) bond motifs is 1. The largest absolute Gasteiger partial charge is 0.347 e. The lowest BCUT2D eigenvalue weighted by atomic mass is 10.2. The van der Waals surface area contributed by atoms with Crippen LogP contribution in [0.2, 0.25) is 0 Å². The van der Waals surface area contributed by atoms with E-state index in [0.717, 1.165) is 0 Å². The monoisotopic (exact) mass is 158 g/mol. The Labute approximate surface area is 72.6 Å². The predicted octanol–water partition coefficient (Wildman–Crippen LogP) is 2.75. The second-order valence-corrected chi connectivity index (χ2v) is 2.98. The van der Waals surface area contributed by atoms with E-state index < -0.39 is 0 Å². The van der Waals surface area contributed by atoms with Crippen molar-refractivity contribution < 1.29 is 0 Å². The maximum atomic E-state index is 2.20. The van der Waals surface area contributed by atoms with Crippen LogP contribution in [0, 0.1) is 6.42 Å². The van der Waals surface area contributed by atoms with Crippen LogP contribution in [0.25, 0.3) is 10.9 Å². The Morgan fingerprint density at radius 1 is 1.25 bits per heavy atom. The number of hydrogen-bond acceptors (Lipinski definition) is 0. The van der Waals surface area contributed by atoms with Crippen molar-refractivity contribution >= 4 is 10.9 Å². The van der Waals surface area contributed by atoms with Crippen molar-refractivity contribution in [3.63, 3.8) is 0 Å². The average Bonchev–Trinajstić information content (AvgIpc) is 2.44. The first kappa shape index (κ1) is 7.41. The molecule has 12 heavy (non-hydrogen) atoms. The quantitative estimate of drug-likeness (QED) is 0.601. The molecular formula is C11H12N. The van der Waals surface area contributed by atoms with Gasteiger partial charge in [0.25, 0.3) is 0 Å². The summed E-state index contributed by atoms with van der Waals surface area (Å²) in [5.74, 6) is 0. The van der Waals surface area contributed by atoms with Crippen molar-refractivity contribution in [1.82, 2.24) is 4.57 Å². The van der Waals surface area contributed by atoms with Crippen LogP contribution in [0.4, 0.5) is 0 Å². The van der Waals surface area contributed by atoms with Gasteiger partial charge in [-0.1, -0.05) is 25.1 Å². The Morgan fingerprint density at radius 2 is 2.00 bits per heavy atom. The van der Waals surface area contributed by atoms with Crippen molar-refractivity contribution in [2.45, 2.75) is 6.92 Å². The summed E-state index contributed by atoms with van der Waals surface area (Å²) in [4.78, 5) is 0. The summed E-state index contributed by atoms with van der Waals surface area (Å²) in [6.45, 7) is 2.06. The number of aryl methyl sites for hydroxylation is 1. The fourth-order valence-corrected chi connectivity index (χ4v) is 1.59. The number of aromatic nitrogens is 1. The van der Waals surface area contributed by atoms with Gasteiger partial charge in [-0.2, -0.15) is 0 Å². The zero-order valence-corrected chi connectivity index (χ0v) is 7.41. The minimum Gasteiger partial charge on any atom is -0.347 e. The molecule has 2 aromatic rings. The minimum absolute atomic E-state index is 1.27. The average molecular weight is 158 g/mol. The highest BCUT2D eigenvalue weighted by Crippen LogP contribution is 2.18. The van der Waals surface area contributed by atoms with Gasteiger partial charge in [-0.05, 0) is 17.5 Å². The van der Waals surface area contributed by atoms with E-state index in [2.05, 4.69) is 55.3 Å². The molecule has 1 heteroatoms. The third-order valence-corrected chi connectivity index (χ3v) is 2.28. The van der Waals surface area contributed by atoms with Crippen LogP contribution in [0.3, 0.4) is 0 Å². The lowest BCUT2D eigenvalue weighted by Crippen LogP contribution is -1.91. The Bertz CT molecular complexity index is 398. The Balaban J connectivity index is 2.78. The molecule has 0 saturated carbocycles.